The highest BCUT2D eigenvalue weighted by atomic mass is 16.7. The standard InChI is InChI=1S/C17H26O6/c1-6-8-21-12-10-11(23-16(19)20)14(18)13(17(3,4)5)15(12)22-9-7-2/h10,18H,6-9H2,1-5H3,(H,19,20). The second-order valence-electron chi connectivity index (χ2n) is 6.24. The van der Waals surface area contributed by atoms with Gasteiger partial charge in [-0.15, -0.1) is 0 Å². The van der Waals surface area contributed by atoms with Crippen molar-refractivity contribution in [2.75, 3.05) is 13.2 Å². The number of carbonyl (C=O) groups is 1. The van der Waals surface area contributed by atoms with Gasteiger partial charge in [0.05, 0.1) is 13.2 Å². The monoisotopic (exact) mass is 326 g/mol. The first-order valence-electron chi connectivity index (χ1n) is 7.79. The summed E-state index contributed by atoms with van der Waals surface area (Å²) in [4.78, 5) is 10.9. The smallest absolute Gasteiger partial charge is 0.504 e. The summed E-state index contributed by atoms with van der Waals surface area (Å²) in [7, 11) is 0. The minimum atomic E-state index is -1.50. The summed E-state index contributed by atoms with van der Waals surface area (Å²) in [5.41, 5.74) is -0.0224. The number of carboxylic acid groups (broad SMARTS) is 1. The van der Waals surface area contributed by atoms with Crippen LogP contribution in [0.25, 0.3) is 0 Å². The number of aromatic hydroxyl groups is 1. The lowest BCUT2D eigenvalue weighted by molar-refractivity contribution is 0.142. The van der Waals surface area contributed by atoms with Crippen molar-refractivity contribution in [1.29, 1.82) is 0 Å². The van der Waals surface area contributed by atoms with E-state index in [9.17, 15) is 9.90 Å². The van der Waals surface area contributed by atoms with Gasteiger partial charge in [0, 0.05) is 11.6 Å². The Morgan fingerprint density at radius 3 is 2.13 bits per heavy atom. The van der Waals surface area contributed by atoms with Gasteiger partial charge in [-0.2, -0.15) is 0 Å². The summed E-state index contributed by atoms with van der Waals surface area (Å²) in [5, 5.41) is 19.3. The Balaban J connectivity index is 3.53. The van der Waals surface area contributed by atoms with E-state index in [0.717, 1.165) is 12.8 Å². The fraction of sp³-hybridized carbons (Fsp3) is 0.588. The zero-order valence-electron chi connectivity index (χ0n) is 14.4. The lowest BCUT2D eigenvalue weighted by Crippen LogP contribution is -2.16. The molecule has 0 aliphatic rings. The summed E-state index contributed by atoms with van der Waals surface area (Å²) in [6.45, 7) is 10.5. The molecule has 0 atom stereocenters. The highest BCUT2D eigenvalue weighted by molar-refractivity contribution is 5.68. The maximum Gasteiger partial charge on any atom is 0.511 e. The molecule has 6 heteroatoms. The van der Waals surface area contributed by atoms with Gasteiger partial charge in [0.25, 0.3) is 0 Å². The molecule has 1 aromatic rings. The zero-order chi connectivity index (χ0) is 17.6. The Kier molecular flexibility index (Phi) is 6.54. The van der Waals surface area contributed by atoms with E-state index in [2.05, 4.69) is 0 Å². The van der Waals surface area contributed by atoms with Crippen LogP contribution in [0.4, 0.5) is 4.79 Å². The van der Waals surface area contributed by atoms with Crippen molar-refractivity contribution >= 4 is 6.16 Å². The van der Waals surface area contributed by atoms with Crippen molar-refractivity contribution in [3.63, 3.8) is 0 Å². The summed E-state index contributed by atoms with van der Waals surface area (Å²) in [6, 6.07) is 1.36. The highest BCUT2D eigenvalue weighted by Crippen LogP contribution is 2.49. The number of benzene rings is 1. The van der Waals surface area contributed by atoms with Crippen LogP contribution < -0.4 is 14.2 Å². The van der Waals surface area contributed by atoms with Crippen molar-refractivity contribution < 1.29 is 29.2 Å². The summed E-state index contributed by atoms with van der Waals surface area (Å²) in [6.07, 6.45) is 0.0859. The molecule has 130 valence electrons. The normalized spacial score (nSPS) is 11.2. The van der Waals surface area contributed by atoms with Crippen LogP contribution in [-0.2, 0) is 5.41 Å². The molecule has 0 radical (unpaired) electrons. The molecule has 2 N–H and O–H groups in total. The van der Waals surface area contributed by atoms with Crippen LogP contribution >= 0.6 is 0 Å². The van der Waals surface area contributed by atoms with Crippen LogP contribution in [-0.4, -0.2) is 29.6 Å². The van der Waals surface area contributed by atoms with E-state index < -0.39 is 11.6 Å². The number of ether oxygens (including phenoxy) is 3. The Bertz CT molecular complexity index is 545. The molecule has 0 heterocycles. The summed E-state index contributed by atoms with van der Waals surface area (Å²) < 4.78 is 16.2. The molecule has 0 bridgehead atoms. The van der Waals surface area contributed by atoms with E-state index in [1.54, 1.807) is 0 Å². The SMILES string of the molecule is CCCOc1cc(OC(=O)O)c(O)c(C(C)(C)C)c1OCCC. The molecular weight excluding hydrogens is 300 g/mol. The summed E-state index contributed by atoms with van der Waals surface area (Å²) in [5.74, 6) is 0.412. The first-order chi connectivity index (χ1) is 10.7. The predicted octanol–water partition coefficient (Wildman–Crippen LogP) is 4.32. The quantitative estimate of drug-likeness (QED) is 0.573. The van der Waals surface area contributed by atoms with E-state index in [1.807, 2.05) is 34.6 Å². The second-order valence-corrected chi connectivity index (χ2v) is 6.24. The molecule has 0 spiro atoms. The minimum absolute atomic E-state index is 0.155. The Morgan fingerprint density at radius 2 is 1.65 bits per heavy atom. The molecule has 0 aromatic heterocycles. The van der Waals surface area contributed by atoms with Gasteiger partial charge in [-0.3, -0.25) is 0 Å². The largest absolute Gasteiger partial charge is 0.511 e. The molecule has 0 saturated heterocycles. The van der Waals surface area contributed by atoms with Crippen molar-refractivity contribution in [3.05, 3.63) is 11.6 Å². The fourth-order valence-electron chi connectivity index (χ4n) is 2.14. The number of phenolic OH excluding ortho intramolecular Hbond substituents is 1. The van der Waals surface area contributed by atoms with Gasteiger partial charge in [0.15, 0.2) is 23.0 Å². The molecule has 0 saturated carbocycles. The van der Waals surface area contributed by atoms with Crippen LogP contribution in [0.1, 0.15) is 53.0 Å². The van der Waals surface area contributed by atoms with E-state index in [4.69, 9.17) is 19.3 Å². The van der Waals surface area contributed by atoms with Crippen LogP contribution in [0, 0.1) is 0 Å². The van der Waals surface area contributed by atoms with E-state index in [1.165, 1.54) is 6.07 Å². The first-order valence-corrected chi connectivity index (χ1v) is 7.79. The number of hydrogen-bond donors (Lipinski definition) is 2. The molecule has 0 amide bonds. The molecular formula is C17H26O6. The molecule has 0 aliphatic carbocycles. The van der Waals surface area contributed by atoms with Crippen LogP contribution in [0.15, 0.2) is 6.07 Å². The van der Waals surface area contributed by atoms with Gasteiger partial charge < -0.3 is 24.4 Å². The maximum absolute atomic E-state index is 10.9. The second kappa shape index (κ2) is 7.94. The average Bonchev–Trinajstić information content (AvgIpc) is 2.43. The third kappa shape index (κ3) is 4.94. The minimum Gasteiger partial charge on any atom is -0.504 e. The van der Waals surface area contributed by atoms with Gasteiger partial charge in [0.1, 0.15) is 0 Å². The number of phenols is 1. The topological polar surface area (TPSA) is 85.2 Å². The molecule has 6 nitrogen and oxygen atoms in total. The van der Waals surface area contributed by atoms with Gasteiger partial charge in [-0.05, 0) is 18.3 Å². The molecule has 0 unspecified atom stereocenters. The zero-order valence-corrected chi connectivity index (χ0v) is 14.4. The van der Waals surface area contributed by atoms with Crippen molar-refractivity contribution in [3.8, 4) is 23.0 Å². The third-order valence-corrected chi connectivity index (χ3v) is 3.04. The van der Waals surface area contributed by atoms with Crippen molar-refractivity contribution in [2.24, 2.45) is 0 Å². The number of hydrogen-bond acceptors (Lipinski definition) is 5. The Morgan fingerprint density at radius 1 is 1.09 bits per heavy atom. The Labute approximate surface area is 137 Å². The lowest BCUT2D eigenvalue weighted by atomic mass is 9.85. The fourth-order valence-corrected chi connectivity index (χ4v) is 2.14. The van der Waals surface area contributed by atoms with Gasteiger partial charge in [-0.1, -0.05) is 34.6 Å². The van der Waals surface area contributed by atoms with Gasteiger partial charge in [-0.25, -0.2) is 4.79 Å². The average molecular weight is 326 g/mol. The van der Waals surface area contributed by atoms with Gasteiger partial charge in [0.2, 0.25) is 0 Å². The molecule has 0 aliphatic heterocycles. The molecule has 23 heavy (non-hydrogen) atoms. The van der Waals surface area contributed by atoms with Crippen LogP contribution in [0.3, 0.4) is 0 Å². The summed E-state index contributed by atoms with van der Waals surface area (Å²) >= 11 is 0. The van der Waals surface area contributed by atoms with Gasteiger partial charge >= 0.3 is 6.16 Å². The molecule has 1 aromatic carbocycles. The van der Waals surface area contributed by atoms with E-state index in [0.29, 0.717) is 30.3 Å². The Hall–Kier alpha value is -2.11. The highest BCUT2D eigenvalue weighted by Gasteiger charge is 2.30. The van der Waals surface area contributed by atoms with E-state index >= 15 is 0 Å². The number of rotatable bonds is 7. The first kappa shape index (κ1) is 18.9. The lowest BCUT2D eigenvalue weighted by Gasteiger charge is -2.26. The van der Waals surface area contributed by atoms with Crippen molar-refractivity contribution in [2.45, 2.75) is 52.9 Å². The predicted molar refractivity (Wildman–Crippen MR) is 87.0 cm³/mol. The van der Waals surface area contributed by atoms with E-state index in [-0.39, 0.29) is 11.5 Å². The molecule has 1 rings (SSSR count). The third-order valence-electron chi connectivity index (χ3n) is 3.04. The van der Waals surface area contributed by atoms with Crippen molar-refractivity contribution in [1.82, 2.24) is 0 Å². The maximum atomic E-state index is 10.9. The molecule has 0 fully saturated rings. The van der Waals surface area contributed by atoms with Crippen LogP contribution in [0.5, 0.6) is 23.0 Å². The van der Waals surface area contributed by atoms with Crippen LogP contribution in [0.2, 0.25) is 0 Å².